The summed E-state index contributed by atoms with van der Waals surface area (Å²) in [7, 11) is 3.07. The van der Waals surface area contributed by atoms with E-state index < -0.39 is 5.60 Å². The molecular weight excluding hydrogens is 472 g/mol. The third kappa shape index (κ3) is 11.3. The van der Waals surface area contributed by atoms with Crippen LogP contribution in [-0.4, -0.2) is 71.8 Å². The zero-order chi connectivity index (χ0) is 28.6. The van der Waals surface area contributed by atoms with Gasteiger partial charge in [0, 0.05) is 44.8 Å². The highest BCUT2D eigenvalue weighted by atomic mass is 16.6. The van der Waals surface area contributed by atoms with Crippen molar-refractivity contribution in [3.8, 4) is 0 Å². The van der Waals surface area contributed by atoms with Crippen molar-refractivity contribution < 1.29 is 14.3 Å². The second kappa shape index (κ2) is 17.5. The summed E-state index contributed by atoms with van der Waals surface area (Å²) < 4.78 is 6.99. The summed E-state index contributed by atoms with van der Waals surface area (Å²) in [5.74, 6) is -0.204. The summed E-state index contributed by atoms with van der Waals surface area (Å²) in [6, 6.07) is 5.25. The van der Waals surface area contributed by atoms with Crippen molar-refractivity contribution in [2.45, 2.75) is 79.5 Å². The van der Waals surface area contributed by atoms with Gasteiger partial charge in [0.1, 0.15) is 5.60 Å². The Bertz CT molecular complexity index is 1010. The van der Waals surface area contributed by atoms with Gasteiger partial charge in [-0.05, 0) is 58.9 Å². The van der Waals surface area contributed by atoms with Crippen LogP contribution >= 0.6 is 0 Å². The predicted octanol–water partition coefficient (Wildman–Crippen LogP) is 3.37. The van der Waals surface area contributed by atoms with Crippen LogP contribution in [-0.2, 0) is 11.3 Å². The number of carbonyl (C=O) groups excluding carboxylic acids is 2. The van der Waals surface area contributed by atoms with E-state index in [2.05, 4.69) is 26.3 Å². The molecule has 0 atom stereocenters. The number of aromatic nitrogens is 2. The molecule has 10 heteroatoms. The number of hydrogen-bond donors (Lipinski definition) is 3. The molecule has 4 N–H and O–H groups in total. The van der Waals surface area contributed by atoms with Gasteiger partial charge in [-0.2, -0.15) is 0 Å². The van der Waals surface area contributed by atoms with Crippen LogP contribution in [0.3, 0.4) is 0 Å². The van der Waals surface area contributed by atoms with E-state index in [1.54, 1.807) is 29.8 Å². The van der Waals surface area contributed by atoms with Crippen LogP contribution < -0.4 is 21.9 Å². The first-order valence-electron chi connectivity index (χ1n) is 13.2. The first-order valence-corrected chi connectivity index (χ1v) is 13.2. The second-order valence-electron chi connectivity index (χ2n) is 8.79. The maximum absolute atomic E-state index is 12.5. The van der Waals surface area contributed by atoms with Gasteiger partial charge in [-0.25, -0.2) is 9.78 Å². The molecule has 10 nitrogen and oxygen atoms in total. The van der Waals surface area contributed by atoms with E-state index in [0.29, 0.717) is 29.7 Å². The van der Waals surface area contributed by atoms with Crippen LogP contribution in [0.4, 0.5) is 4.79 Å². The molecule has 0 bridgehead atoms. The molecule has 0 spiro atoms. The normalized spacial score (nSPS) is 13.6. The number of alkyl carbamates (subject to hydrolysis) is 1. The van der Waals surface area contributed by atoms with Crippen LogP contribution in [0.5, 0.6) is 0 Å². The molecular formula is C27H48N6O4. The van der Waals surface area contributed by atoms with E-state index >= 15 is 0 Å². The zero-order valence-electron chi connectivity index (χ0n) is 24.2. The maximum atomic E-state index is 12.5. The molecule has 2 amide bonds. The number of ether oxygens (including phenoxy) is 1. The van der Waals surface area contributed by atoms with Crippen molar-refractivity contribution in [3.05, 3.63) is 40.3 Å². The Balaban J connectivity index is 0.00000201. The largest absolute Gasteiger partial charge is 0.444 e. The van der Waals surface area contributed by atoms with Crippen LogP contribution in [0.1, 0.15) is 71.7 Å². The van der Waals surface area contributed by atoms with Crippen LogP contribution in [0.15, 0.2) is 29.2 Å². The molecule has 0 radical (unpaired) electrons. The monoisotopic (exact) mass is 520 g/mol. The SMILES string of the molecule is CC.CC.CN.CNC(=O)c1ccc2ncc(=O)n(CCN3CCC(NC(=O)OC(C)(C)C)CC3)c2c1. The van der Waals surface area contributed by atoms with Crippen molar-refractivity contribution >= 4 is 23.0 Å². The Morgan fingerprint density at radius 1 is 1.08 bits per heavy atom. The van der Waals surface area contributed by atoms with Gasteiger partial charge in [0.15, 0.2) is 0 Å². The average Bonchev–Trinajstić information content (AvgIpc) is 2.90. The number of hydrogen-bond acceptors (Lipinski definition) is 7. The standard InChI is InChI=1S/C22H31N5O4.2C2H6.CH5N/c1-22(2,3)31-21(30)25-16-7-9-26(10-8-16)11-12-27-18-13-15(20(29)23-4)5-6-17(18)24-14-19(27)28;3*1-2/h5-6,13-14,16H,7-12H2,1-4H3,(H,23,29)(H,25,30);2*1-2H3;2H2,1H3. The minimum atomic E-state index is -0.511. The highest BCUT2D eigenvalue weighted by molar-refractivity contribution is 5.97. The molecule has 1 aliphatic heterocycles. The molecule has 2 aromatic rings. The zero-order valence-corrected chi connectivity index (χ0v) is 24.2. The molecule has 0 unspecified atom stereocenters. The van der Waals surface area contributed by atoms with Gasteiger partial charge in [-0.15, -0.1) is 0 Å². The van der Waals surface area contributed by atoms with Gasteiger partial charge in [0.2, 0.25) is 0 Å². The highest BCUT2D eigenvalue weighted by Gasteiger charge is 2.23. The number of fused-ring (bicyclic) bond motifs is 1. The number of rotatable bonds is 5. The first-order chi connectivity index (χ1) is 17.7. The number of carbonyl (C=O) groups is 2. The van der Waals surface area contributed by atoms with E-state index in [1.165, 1.54) is 13.2 Å². The second-order valence-corrected chi connectivity index (χ2v) is 8.79. The Hall–Kier alpha value is -2.98. The van der Waals surface area contributed by atoms with E-state index in [4.69, 9.17) is 4.74 Å². The molecule has 0 saturated carbocycles. The van der Waals surface area contributed by atoms with E-state index in [0.717, 1.165) is 25.9 Å². The van der Waals surface area contributed by atoms with Gasteiger partial charge >= 0.3 is 6.09 Å². The fourth-order valence-corrected chi connectivity index (χ4v) is 3.69. The van der Waals surface area contributed by atoms with Crippen LogP contribution in [0.25, 0.3) is 11.0 Å². The lowest BCUT2D eigenvalue weighted by Gasteiger charge is -2.33. The van der Waals surface area contributed by atoms with E-state index in [-0.39, 0.29) is 23.6 Å². The number of nitrogens with zero attached hydrogens (tertiary/aromatic N) is 3. The van der Waals surface area contributed by atoms with E-state index in [9.17, 15) is 14.4 Å². The Morgan fingerprint density at radius 3 is 2.22 bits per heavy atom. The van der Waals surface area contributed by atoms with Crippen molar-refractivity contribution in [1.29, 1.82) is 0 Å². The number of nitrogens with two attached hydrogens (primary N) is 1. The topological polar surface area (TPSA) is 132 Å². The molecule has 37 heavy (non-hydrogen) atoms. The summed E-state index contributed by atoms with van der Waals surface area (Å²) in [5.41, 5.74) is 5.61. The fraction of sp³-hybridized carbons (Fsp3) is 0.630. The maximum Gasteiger partial charge on any atom is 0.407 e. The molecule has 1 fully saturated rings. The molecule has 1 aliphatic rings. The third-order valence-corrected chi connectivity index (χ3v) is 5.28. The molecule has 0 aliphatic carbocycles. The Labute approximate surface area is 222 Å². The van der Waals surface area contributed by atoms with Crippen LogP contribution in [0.2, 0.25) is 0 Å². The van der Waals surface area contributed by atoms with Crippen LogP contribution in [0, 0.1) is 0 Å². The number of nitrogens with one attached hydrogen (secondary N) is 2. The van der Waals surface area contributed by atoms with Gasteiger partial charge in [-0.1, -0.05) is 27.7 Å². The summed E-state index contributed by atoms with van der Waals surface area (Å²) in [4.78, 5) is 42.9. The summed E-state index contributed by atoms with van der Waals surface area (Å²) >= 11 is 0. The van der Waals surface area contributed by atoms with Crippen molar-refractivity contribution in [2.75, 3.05) is 33.7 Å². The highest BCUT2D eigenvalue weighted by Crippen LogP contribution is 2.15. The lowest BCUT2D eigenvalue weighted by atomic mass is 10.1. The average molecular weight is 521 g/mol. The van der Waals surface area contributed by atoms with Crippen molar-refractivity contribution in [1.82, 2.24) is 25.1 Å². The number of benzene rings is 1. The Morgan fingerprint density at radius 2 is 1.68 bits per heavy atom. The molecule has 210 valence electrons. The lowest BCUT2D eigenvalue weighted by molar-refractivity contribution is 0.0478. The van der Waals surface area contributed by atoms with E-state index in [1.807, 2.05) is 48.5 Å². The van der Waals surface area contributed by atoms with Gasteiger partial charge < -0.3 is 30.6 Å². The quantitative estimate of drug-likeness (QED) is 0.551. The first kappa shape index (κ1) is 34.0. The molecule has 1 aromatic carbocycles. The summed E-state index contributed by atoms with van der Waals surface area (Å²) in [5, 5.41) is 5.54. The van der Waals surface area contributed by atoms with Gasteiger partial charge in [-0.3, -0.25) is 9.59 Å². The van der Waals surface area contributed by atoms with Gasteiger partial charge in [0.25, 0.3) is 11.5 Å². The molecule has 1 aromatic heterocycles. The smallest absolute Gasteiger partial charge is 0.407 e. The molecule has 1 saturated heterocycles. The third-order valence-electron chi connectivity index (χ3n) is 5.28. The van der Waals surface area contributed by atoms with Crippen molar-refractivity contribution in [3.63, 3.8) is 0 Å². The minimum absolute atomic E-state index is 0.0886. The minimum Gasteiger partial charge on any atom is -0.444 e. The molecule has 2 heterocycles. The number of piperidine rings is 1. The Kier molecular flexibility index (Phi) is 16.1. The summed E-state index contributed by atoms with van der Waals surface area (Å²) in [6.45, 7) is 16.4. The number of likely N-dealkylation sites (tertiary alicyclic amines) is 1. The number of amides is 2. The lowest BCUT2D eigenvalue weighted by Crippen LogP contribution is -2.46. The predicted molar refractivity (Wildman–Crippen MR) is 151 cm³/mol. The van der Waals surface area contributed by atoms with Crippen molar-refractivity contribution in [2.24, 2.45) is 5.73 Å². The fourth-order valence-electron chi connectivity index (χ4n) is 3.69. The summed E-state index contributed by atoms with van der Waals surface area (Å²) in [6.07, 6.45) is 2.59. The van der Waals surface area contributed by atoms with Gasteiger partial charge in [0.05, 0.1) is 17.2 Å². The molecule has 3 rings (SSSR count).